The van der Waals surface area contributed by atoms with E-state index >= 15 is 0 Å². The normalized spacial score (nSPS) is 15.5. The Morgan fingerprint density at radius 1 is 0.741 bits per heavy atom. The minimum absolute atomic E-state index is 0.611. The summed E-state index contributed by atoms with van der Waals surface area (Å²) < 4.78 is 19.6. The van der Waals surface area contributed by atoms with Gasteiger partial charge in [-0.1, -0.05) is 0 Å². The van der Waals surface area contributed by atoms with Crippen molar-refractivity contribution in [3.05, 3.63) is 0 Å². The zero-order valence-corrected chi connectivity index (χ0v) is 22.0. The number of rotatable bonds is 18. The molecule has 0 rings (SSSR count). The average molecular weight is 443 g/mol. The van der Waals surface area contributed by atoms with E-state index < -0.39 is 14.0 Å². The topological polar surface area (TPSA) is 27.7 Å². The van der Waals surface area contributed by atoms with E-state index in [1.807, 2.05) is 0 Å². The van der Waals surface area contributed by atoms with Gasteiger partial charge in [-0.3, -0.25) is 0 Å². The van der Waals surface area contributed by atoms with Gasteiger partial charge in [0.05, 0.1) is 0 Å². The molecule has 6 heteroatoms. The number of hydrogen-bond acceptors (Lipinski definition) is 3. The second kappa shape index (κ2) is 13.9. The Morgan fingerprint density at radius 2 is 1.19 bits per heavy atom. The molecule has 0 aromatic carbocycles. The molecular formula is C21H48ClO3PSi. The van der Waals surface area contributed by atoms with Crippen molar-refractivity contribution in [2.24, 2.45) is 5.92 Å². The fourth-order valence-corrected chi connectivity index (χ4v) is 22.4. The van der Waals surface area contributed by atoms with E-state index in [-0.39, 0.29) is 0 Å². The van der Waals surface area contributed by atoms with Crippen LogP contribution in [-0.4, -0.2) is 46.8 Å². The quantitative estimate of drug-likeness (QED) is 0.161. The van der Waals surface area contributed by atoms with Gasteiger partial charge in [-0.15, -0.1) is 0 Å². The van der Waals surface area contributed by atoms with Gasteiger partial charge in [0.15, 0.2) is 0 Å². The van der Waals surface area contributed by atoms with Crippen LogP contribution in [0.15, 0.2) is 0 Å². The van der Waals surface area contributed by atoms with Crippen LogP contribution >= 0.6 is 16.7 Å². The Balaban J connectivity index is 6.45. The van der Waals surface area contributed by atoms with Crippen LogP contribution in [0.2, 0.25) is 0 Å². The van der Waals surface area contributed by atoms with Crippen molar-refractivity contribution in [3.63, 3.8) is 0 Å². The van der Waals surface area contributed by atoms with E-state index in [4.69, 9.17) is 24.5 Å². The van der Waals surface area contributed by atoms with E-state index in [2.05, 4.69) is 48.5 Å². The molecule has 166 valence electrons. The Labute approximate surface area is 176 Å². The fourth-order valence-electron chi connectivity index (χ4n) is 4.30. The standard InChI is InChI=1S/C21H48ClO3PSi/c1-8-15-18-26(22,19-16-9-2,20-21(11-4)17-10-3)27(23-12-5,24-13-6)25-14-7/h21H,8-20H2,1-7H3. The summed E-state index contributed by atoms with van der Waals surface area (Å²) in [6.07, 6.45) is 11.3. The Bertz CT molecular complexity index is 359. The van der Waals surface area contributed by atoms with Gasteiger partial charge >= 0.3 is 176 Å². The molecule has 0 saturated carbocycles. The van der Waals surface area contributed by atoms with E-state index in [1.54, 1.807) is 0 Å². The van der Waals surface area contributed by atoms with Crippen molar-refractivity contribution < 1.29 is 13.3 Å². The summed E-state index contributed by atoms with van der Waals surface area (Å²) >= 11 is 8.04. The molecule has 0 aliphatic heterocycles. The second-order valence-electron chi connectivity index (χ2n) is 7.81. The number of unbranched alkanes of at least 4 members (excludes halogenated alkanes) is 2. The van der Waals surface area contributed by atoms with Gasteiger partial charge in [-0.25, -0.2) is 0 Å². The average Bonchev–Trinajstić information content (AvgIpc) is 2.65. The molecular weight excluding hydrogens is 395 g/mol. The van der Waals surface area contributed by atoms with Crippen molar-refractivity contribution in [1.82, 2.24) is 0 Å². The zero-order valence-electron chi connectivity index (χ0n) is 19.3. The molecule has 1 unspecified atom stereocenters. The third kappa shape index (κ3) is 7.22. The maximum atomic E-state index is 8.04. The predicted molar refractivity (Wildman–Crippen MR) is 127 cm³/mol. The Morgan fingerprint density at radius 3 is 1.48 bits per heavy atom. The molecule has 0 spiro atoms. The molecule has 0 N–H and O–H groups in total. The molecule has 0 radical (unpaired) electrons. The first-order valence-electron chi connectivity index (χ1n) is 11.5. The van der Waals surface area contributed by atoms with Crippen molar-refractivity contribution in [3.8, 4) is 0 Å². The number of halogens is 1. The molecule has 0 fully saturated rings. The molecule has 0 amide bonds. The first-order chi connectivity index (χ1) is 12.9. The zero-order chi connectivity index (χ0) is 20.8. The van der Waals surface area contributed by atoms with Crippen molar-refractivity contribution in [1.29, 1.82) is 0 Å². The maximum absolute atomic E-state index is 8.04. The summed E-state index contributed by atoms with van der Waals surface area (Å²) in [5, 5.41) is 0. The van der Waals surface area contributed by atoms with Gasteiger partial charge in [-0.2, -0.15) is 0 Å². The van der Waals surface area contributed by atoms with Gasteiger partial charge in [0.25, 0.3) is 0 Å². The Hall–Kier alpha value is 0.817. The van der Waals surface area contributed by atoms with Crippen LogP contribution in [0.4, 0.5) is 0 Å². The molecule has 0 bridgehead atoms. The molecule has 27 heavy (non-hydrogen) atoms. The summed E-state index contributed by atoms with van der Waals surface area (Å²) in [5.41, 5.74) is -2.87. The van der Waals surface area contributed by atoms with Gasteiger partial charge in [0.1, 0.15) is 0 Å². The van der Waals surface area contributed by atoms with Gasteiger partial charge in [-0.05, 0) is 0 Å². The first-order valence-corrected chi connectivity index (χ1v) is 17.8. The van der Waals surface area contributed by atoms with E-state index in [0.29, 0.717) is 25.7 Å². The van der Waals surface area contributed by atoms with Crippen LogP contribution in [0.5, 0.6) is 0 Å². The van der Waals surface area contributed by atoms with Gasteiger partial charge < -0.3 is 0 Å². The van der Waals surface area contributed by atoms with Crippen LogP contribution in [0.1, 0.15) is 93.4 Å². The minimum atomic E-state index is -2.99. The van der Waals surface area contributed by atoms with Gasteiger partial charge in [0, 0.05) is 0 Å². The summed E-state index contributed by atoms with van der Waals surface area (Å²) in [5.74, 6) is 0.632. The molecule has 0 heterocycles. The molecule has 0 aromatic rings. The molecule has 0 saturated heterocycles. The van der Waals surface area contributed by atoms with Crippen LogP contribution in [0.25, 0.3) is 0 Å². The van der Waals surface area contributed by atoms with E-state index in [9.17, 15) is 0 Å². The molecule has 0 aliphatic rings. The van der Waals surface area contributed by atoms with E-state index in [0.717, 1.165) is 44.2 Å². The van der Waals surface area contributed by atoms with Crippen LogP contribution in [-0.2, 0) is 13.3 Å². The molecule has 1 atom stereocenters. The second-order valence-corrected chi connectivity index (χ2v) is 22.8. The van der Waals surface area contributed by atoms with E-state index in [1.165, 1.54) is 19.3 Å². The SMILES string of the molecule is CCCCP(Cl)(CCCC)(CC(CC)CCC)[Si](OCC)(OCC)OCC. The molecule has 3 nitrogen and oxygen atoms in total. The van der Waals surface area contributed by atoms with Crippen molar-refractivity contribution in [2.45, 2.75) is 93.4 Å². The summed E-state index contributed by atoms with van der Waals surface area (Å²) in [4.78, 5) is 0. The molecule has 0 aliphatic carbocycles. The third-order valence-electron chi connectivity index (χ3n) is 5.66. The third-order valence-corrected chi connectivity index (χ3v) is 23.5. The summed E-state index contributed by atoms with van der Waals surface area (Å²) in [6.45, 7) is 17.1. The van der Waals surface area contributed by atoms with Crippen LogP contribution in [0, 0.1) is 5.92 Å². The van der Waals surface area contributed by atoms with Crippen molar-refractivity contribution in [2.75, 3.05) is 38.3 Å². The number of hydrogen-bond donors (Lipinski definition) is 0. The molecule has 0 aromatic heterocycles. The predicted octanol–water partition coefficient (Wildman–Crippen LogP) is 7.67. The van der Waals surface area contributed by atoms with Crippen LogP contribution < -0.4 is 0 Å². The summed E-state index contributed by atoms with van der Waals surface area (Å²) in [7, 11) is -2.99. The van der Waals surface area contributed by atoms with Gasteiger partial charge in [0.2, 0.25) is 0 Å². The fraction of sp³-hybridized carbons (Fsp3) is 1.00. The van der Waals surface area contributed by atoms with Crippen molar-refractivity contribution >= 4 is 25.2 Å². The Kier molecular flexibility index (Phi) is 14.4. The summed E-state index contributed by atoms with van der Waals surface area (Å²) in [6, 6.07) is 0. The first kappa shape index (κ1) is 27.8. The van der Waals surface area contributed by atoms with Crippen LogP contribution in [0.3, 0.4) is 0 Å². The monoisotopic (exact) mass is 442 g/mol.